The number of amides is 1. The predicted octanol–water partition coefficient (Wildman–Crippen LogP) is 0.485. The molecule has 0 rings (SSSR count). The lowest BCUT2D eigenvalue weighted by molar-refractivity contribution is -0.142. The van der Waals surface area contributed by atoms with Gasteiger partial charge in [0.1, 0.15) is 6.04 Å². The molecule has 0 fully saturated rings. The Kier molecular flexibility index (Phi) is 7.62. The molecule has 0 unspecified atom stereocenters. The lowest BCUT2D eigenvalue weighted by Gasteiger charge is -2.13. The molecule has 5 nitrogen and oxygen atoms in total. The topological polar surface area (TPSA) is 92.4 Å². The first-order valence-electron chi connectivity index (χ1n) is 5.34. The smallest absolute Gasteiger partial charge is 0.326 e. The minimum absolute atomic E-state index is 0.204. The Labute approximate surface area is 90.0 Å². The number of carboxylic acid groups (broad SMARTS) is 1. The maximum atomic E-state index is 11.3. The molecule has 0 bridgehead atoms. The number of nitrogens with two attached hydrogens (primary N) is 1. The molecule has 0 saturated heterocycles. The molecule has 0 aromatic carbocycles. The van der Waals surface area contributed by atoms with E-state index in [9.17, 15) is 9.59 Å². The van der Waals surface area contributed by atoms with Crippen molar-refractivity contribution in [2.24, 2.45) is 5.73 Å². The zero-order valence-corrected chi connectivity index (χ0v) is 9.16. The van der Waals surface area contributed by atoms with Crippen LogP contribution in [0.25, 0.3) is 0 Å². The van der Waals surface area contributed by atoms with Crippen molar-refractivity contribution in [3.63, 3.8) is 0 Å². The normalized spacial score (nSPS) is 12.1. The van der Waals surface area contributed by atoms with Crippen LogP contribution < -0.4 is 11.1 Å². The SMILES string of the molecule is CCC[C@@H](NC(=O)CCCCN)C(=O)O. The van der Waals surface area contributed by atoms with Gasteiger partial charge in [0.2, 0.25) is 5.91 Å². The first-order valence-corrected chi connectivity index (χ1v) is 5.34. The second-order valence-electron chi connectivity index (χ2n) is 3.49. The zero-order chi connectivity index (χ0) is 11.7. The van der Waals surface area contributed by atoms with Crippen molar-refractivity contribution in [2.45, 2.75) is 45.1 Å². The molecule has 0 radical (unpaired) electrons. The van der Waals surface area contributed by atoms with Crippen molar-refractivity contribution in [2.75, 3.05) is 6.54 Å². The van der Waals surface area contributed by atoms with E-state index >= 15 is 0 Å². The Bertz CT molecular complexity index is 207. The first kappa shape index (κ1) is 13.9. The average molecular weight is 216 g/mol. The van der Waals surface area contributed by atoms with E-state index in [2.05, 4.69) is 5.32 Å². The van der Waals surface area contributed by atoms with Crippen LogP contribution >= 0.6 is 0 Å². The third-order valence-electron chi connectivity index (χ3n) is 2.07. The number of hydrogen-bond donors (Lipinski definition) is 3. The van der Waals surface area contributed by atoms with Gasteiger partial charge in [0.25, 0.3) is 0 Å². The van der Waals surface area contributed by atoms with Crippen LogP contribution in [0.5, 0.6) is 0 Å². The quantitative estimate of drug-likeness (QED) is 0.515. The van der Waals surface area contributed by atoms with Crippen LogP contribution in [0.2, 0.25) is 0 Å². The van der Waals surface area contributed by atoms with Gasteiger partial charge in [-0.05, 0) is 25.8 Å². The van der Waals surface area contributed by atoms with Crippen LogP contribution in [0.4, 0.5) is 0 Å². The molecule has 4 N–H and O–H groups in total. The number of carboxylic acids is 1. The molecule has 1 atom stereocenters. The molecule has 88 valence electrons. The van der Waals surface area contributed by atoms with Crippen LogP contribution in [-0.2, 0) is 9.59 Å². The van der Waals surface area contributed by atoms with Crippen LogP contribution in [-0.4, -0.2) is 29.6 Å². The van der Waals surface area contributed by atoms with Crippen molar-refractivity contribution >= 4 is 11.9 Å². The summed E-state index contributed by atoms with van der Waals surface area (Å²) in [6, 6.07) is -0.750. The van der Waals surface area contributed by atoms with Gasteiger partial charge < -0.3 is 16.2 Å². The van der Waals surface area contributed by atoms with E-state index in [1.807, 2.05) is 6.92 Å². The molecule has 0 aromatic heterocycles. The molecule has 0 aliphatic rings. The van der Waals surface area contributed by atoms with Crippen molar-refractivity contribution < 1.29 is 14.7 Å². The van der Waals surface area contributed by atoms with Gasteiger partial charge >= 0.3 is 5.97 Å². The highest BCUT2D eigenvalue weighted by molar-refractivity contribution is 5.83. The maximum Gasteiger partial charge on any atom is 0.326 e. The van der Waals surface area contributed by atoms with E-state index in [1.54, 1.807) is 0 Å². The van der Waals surface area contributed by atoms with Gasteiger partial charge in [0, 0.05) is 6.42 Å². The Morgan fingerprint density at radius 3 is 2.53 bits per heavy atom. The van der Waals surface area contributed by atoms with Gasteiger partial charge in [-0.3, -0.25) is 4.79 Å². The average Bonchev–Trinajstić information content (AvgIpc) is 2.17. The molecule has 1 amide bonds. The van der Waals surface area contributed by atoms with Gasteiger partial charge in [-0.15, -0.1) is 0 Å². The monoisotopic (exact) mass is 216 g/mol. The number of unbranched alkanes of at least 4 members (excludes halogenated alkanes) is 1. The standard InChI is InChI=1S/C10H20N2O3/c1-2-5-8(10(14)15)12-9(13)6-3-4-7-11/h8H,2-7,11H2,1H3,(H,12,13)(H,14,15)/t8-/m1/s1. The molecule has 0 aromatic rings. The van der Waals surface area contributed by atoms with Crippen LogP contribution in [0, 0.1) is 0 Å². The molecular formula is C10H20N2O3. The highest BCUT2D eigenvalue weighted by Crippen LogP contribution is 1.99. The van der Waals surface area contributed by atoms with E-state index in [0.29, 0.717) is 25.8 Å². The summed E-state index contributed by atoms with van der Waals surface area (Å²) < 4.78 is 0. The number of rotatable bonds is 8. The largest absolute Gasteiger partial charge is 0.480 e. The summed E-state index contributed by atoms with van der Waals surface area (Å²) in [5.74, 6) is -1.17. The highest BCUT2D eigenvalue weighted by atomic mass is 16.4. The van der Waals surface area contributed by atoms with Gasteiger partial charge in [-0.2, -0.15) is 0 Å². The van der Waals surface area contributed by atoms with Gasteiger partial charge in [-0.1, -0.05) is 13.3 Å². The third kappa shape index (κ3) is 6.90. The third-order valence-corrected chi connectivity index (χ3v) is 2.07. The molecule has 0 aliphatic carbocycles. The molecule has 0 saturated carbocycles. The fourth-order valence-electron chi connectivity index (χ4n) is 1.24. The van der Waals surface area contributed by atoms with E-state index < -0.39 is 12.0 Å². The van der Waals surface area contributed by atoms with Gasteiger partial charge in [-0.25, -0.2) is 4.79 Å². The molecule has 5 heteroatoms. The highest BCUT2D eigenvalue weighted by Gasteiger charge is 2.17. The summed E-state index contributed by atoms with van der Waals surface area (Å²) in [7, 11) is 0. The van der Waals surface area contributed by atoms with Crippen molar-refractivity contribution in [1.29, 1.82) is 0 Å². The molecule has 0 heterocycles. The fraction of sp³-hybridized carbons (Fsp3) is 0.800. The van der Waals surface area contributed by atoms with E-state index in [0.717, 1.165) is 12.8 Å². The first-order chi connectivity index (χ1) is 7.11. The van der Waals surface area contributed by atoms with E-state index in [4.69, 9.17) is 10.8 Å². The van der Waals surface area contributed by atoms with Gasteiger partial charge in [0.05, 0.1) is 0 Å². The lowest BCUT2D eigenvalue weighted by Crippen LogP contribution is -2.40. The Hall–Kier alpha value is -1.10. The van der Waals surface area contributed by atoms with Crippen LogP contribution in [0.3, 0.4) is 0 Å². The summed E-state index contributed by atoms with van der Waals surface area (Å²) >= 11 is 0. The number of hydrogen-bond acceptors (Lipinski definition) is 3. The second-order valence-corrected chi connectivity index (χ2v) is 3.49. The van der Waals surface area contributed by atoms with Crippen molar-refractivity contribution in [3.8, 4) is 0 Å². The lowest BCUT2D eigenvalue weighted by atomic mass is 10.1. The van der Waals surface area contributed by atoms with E-state index in [-0.39, 0.29) is 5.91 Å². The number of aliphatic carboxylic acids is 1. The summed E-state index contributed by atoms with van der Waals surface area (Å²) in [4.78, 5) is 22.0. The summed E-state index contributed by atoms with van der Waals surface area (Å²) in [5, 5.41) is 11.3. The summed E-state index contributed by atoms with van der Waals surface area (Å²) in [6.45, 7) is 2.45. The summed E-state index contributed by atoms with van der Waals surface area (Å²) in [6.07, 6.45) is 3.06. The number of carbonyl (C=O) groups is 2. The molecule has 0 aliphatic heterocycles. The summed E-state index contributed by atoms with van der Waals surface area (Å²) in [5.41, 5.74) is 5.29. The van der Waals surface area contributed by atoms with Crippen LogP contribution in [0.15, 0.2) is 0 Å². The van der Waals surface area contributed by atoms with E-state index in [1.165, 1.54) is 0 Å². The number of carbonyl (C=O) groups excluding carboxylic acids is 1. The van der Waals surface area contributed by atoms with Crippen molar-refractivity contribution in [3.05, 3.63) is 0 Å². The number of nitrogens with one attached hydrogen (secondary N) is 1. The minimum Gasteiger partial charge on any atom is -0.480 e. The minimum atomic E-state index is -0.968. The molecular weight excluding hydrogens is 196 g/mol. The zero-order valence-electron chi connectivity index (χ0n) is 9.16. The van der Waals surface area contributed by atoms with Crippen LogP contribution in [0.1, 0.15) is 39.0 Å². The maximum absolute atomic E-state index is 11.3. The fourth-order valence-corrected chi connectivity index (χ4v) is 1.24. The Morgan fingerprint density at radius 2 is 2.07 bits per heavy atom. The molecule has 0 spiro atoms. The predicted molar refractivity (Wildman–Crippen MR) is 57.4 cm³/mol. The molecule has 15 heavy (non-hydrogen) atoms. The Morgan fingerprint density at radius 1 is 1.40 bits per heavy atom. The Balaban J connectivity index is 3.84. The van der Waals surface area contributed by atoms with Gasteiger partial charge in [0.15, 0.2) is 0 Å². The second kappa shape index (κ2) is 8.23. The van der Waals surface area contributed by atoms with Crippen molar-refractivity contribution in [1.82, 2.24) is 5.32 Å².